The van der Waals surface area contributed by atoms with Gasteiger partial charge in [-0.05, 0) is 54.4 Å². The molecular formula is C32H23ClN4O6. The van der Waals surface area contributed by atoms with E-state index in [1.54, 1.807) is 42.5 Å². The molecule has 6 aromatic rings. The Balaban J connectivity index is 1.38. The minimum absolute atomic E-state index is 0.0356. The van der Waals surface area contributed by atoms with E-state index in [-0.39, 0.29) is 34.5 Å². The molecule has 0 atom stereocenters. The van der Waals surface area contributed by atoms with Gasteiger partial charge in [0.2, 0.25) is 5.82 Å². The van der Waals surface area contributed by atoms with Crippen LogP contribution >= 0.6 is 11.6 Å². The van der Waals surface area contributed by atoms with Crippen LogP contribution in [-0.4, -0.2) is 27.4 Å². The Morgan fingerprint density at radius 1 is 1.02 bits per heavy atom. The smallest absolute Gasteiger partial charge is 0.282 e. The van der Waals surface area contributed by atoms with Gasteiger partial charge in [-0.2, -0.15) is 9.78 Å². The first kappa shape index (κ1) is 27.7. The molecule has 43 heavy (non-hydrogen) atoms. The lowest BCUT2D eigenvalue weighted by Gasteiger charge is -2.14. The number of ether oxygens (including phenoxy) is 2. The monoisotopic (exact) mass is 594 g/mol. The molecule has 2 aromatic heterocycles. The molecule has 0 spiro atoms. The van der Waals surface area contributed by atoms with Crippen LogP contribution in [0.25, 0.3) is 33.5 Å². The fourth-order valence-corrected chi connectivity index (χ4v) is 4.86. The molecule has 4 aromatic carbocycles. The van der Waals surface area contributed by atoms with Crippen LogP contribution < -0.4 is 15.0 Å². The van der Waals surface area contributed by atoms with Crippen molar-refractivity contribution in [1.82, 2.24) is 9.66 Å². The summed E-state index contributed by atoms with van der Waals surface area (Å²) in [5.41, 5.74) is 1.89. The summed E-state index contributed by atoms with van der Waals surface area (Å²) in [7, 11) is 0. The average Bonchev–Trinajstić information content (AvgIpc) is 3.45. The van der Waals surface area contributed by atoms with E-state index < -0.39 is 4.92 Å². The van der Waals surface area contributed by atoms with E-state index in [1.807, 2.05) is 43.3 Å². The van der Waals surface area contributed by atoms with Gasteiger partial charge >= 0.3 is 0 Å². The van der Waals surface area contributed by atoms with Crippen molar-refractivity contribution in [3.8, 4) is 23.1 Å². The van der Waals surface area contributed by atoms with Gasteiger partial charge in [-0.15, -0.1) is 0 Å². The van der Waals surface area contributed by atoms with Crippen LogP contribution in [0.4, 0.5) is 5.69 Å². The van der Waals surface area contributed by atoms with Gasteiger partial charge in [0, 0.05) is 17.5 Å². The molecule has 214 valence electrons. The maximum absolute atomic E-state index is 13.6. The summed E-state index contributed by atoms with van der Waals surface area (Å²) in [4.78, 5) is 29.0. The molecule has 0 amide bonds. The standard InChI is InChI=1S/C32H23ClN4O6/c1-2-41-28-16-21(15-25(33)30(28)42-19-20-8-7-10-23(14-20)37(39)40)18-34-36-31(29-17-22-9-3-6-13-27(22)43-29)35-26-12-5-4-11-24(26)32(36)38/h3-18H,2,19H2,1H3. The van der Waals surface area contributed by atoms with E-state index in [9.17, 15) is 14.9 Å². The second-order valence-corrected chi connectivity index (χ2v) is 9.85. The number of nitro groups is 1. The zero-order chi connectivity index (χ0) is 29.9. The lowest BCUT2D eigenvalue weighted by atomic mass is 10.2. The molecule has 0 aliphatic rings. The number of nitro benzene ring substituents is 1. The van der Waals surface area contributed by atoms with Crippen LogP contribution in [0.5, 0.6) is 11.5 Å². The van der Waals surface area contributed by atoms with Gasteiger partial charge in [0.1, 0.15) is 12.2 Å². The topological polar surface area (TPSA) is 122 Å². The Kier molecular flexibility index (Phi) is 7.59. The van der Waals surface area contributed by atoms with Crippen LogP contribution in [0.15, 0.2) is 105 Å². The minimum Gasteiger partial charge on any atom is -0.490 e. The zero-order valence-corrected chi connectivity index (χ0v) is 23.5. The van der Waals surface area contributed by atoms with Gasteiger partial charge in [-0.25, -0.2) is 4.98 Å². The third kappa shape index (κ3) is 5.68. The highest BCUT2D eigenvalue weighted by Crippen LogP contribution is 2.37. The van der Waals surface area contributed by atoms with Crippen molar-refractivity contribution in [2.24, 2.45) is 5.10 Å². The first-order valence-corrected chi connectivity index (χ1v) is 13.7. The molecule has 11 heteroatoms. The summed E-state index contributed by atoms with van der Waals surface area (Å²) < 4.78 is 18.9. The molecule has 2 heterocycles. The third-order valence-electron chi connectivity index (χ3n) is 6.56. The second kappa shape index (κ2) is 11.8. The molecule has 6 rings (SSSR count). The van der Waals surface area contributed by atoms with E-state index in [2.05, 4.69) is 5.10 Å². The van der Waals surface area contributed by atoms with Crippen molar-refractivity contribution in [1.29, 1.82) is 0 Å². The molecule has 10 nitrogen and oxygen atoms in total. The summed E-state index contributed by atoms with van der Waals surface area (Å²) >= 11 is 6.61. The summed E-state index contributed by atoms with van der Waals surface area (Å²) in [5, 5.41) is 17.1. The maximum atomic E-state index is 13.6. The number of nitrogens with zero attached hydrogens (tertiary/aromatic N) is 4. The molecule has 0 saturated carbocycles. The largest absolute Gasteiger partial charge is 0.490 e. The highest BCUT2D eigenvalue weighted by molar-refractivity contribution is 6.32. The molecule has 0 N–H and O–H groups in total. The van der Waals surface area contributed by atoms with Crippen LogP contribution in [0.3, 0.4) is 0 Å². The van der Waals surface area contributed by atoms with Gasteiger partial charge in [0.25, 0.3) is 11.2 Å². The van der Waals surface area contributed by atoms with Crippen LogP contribution in [0.1, 0.15) is 18.1 Å². The number of halogens is 1. The number of fused-ring (bicyclic) bond motifs is 2. The Hall–Kier alpha value is -5.48. The van der Waals surface area contributed by atoms with Crippen molar-refractivity contribution in [3.63, 3.8) is 0 Å². The third-order valence-corrected chi connectivity index (χ3v) is 6.84. The number of aromatic nitrogens is 2. The van der Waals surface area contributed by atoms with Crippen molar-refractivity contribution >= 4 is 45.4 Å². The fourth-order valence-electron chi connectivity index (χ4n) is 4.59. The lowest BCUT2D eigenvalue weighted by molar-refractivity contribution is -0.384. The van der Waals surface area contributed by atoms with E-state index in [0.29, 0.717) is 45.7 Å². The minimum atomic E-state index is -0.466. The summed E-state index contributed by atoms with van der Waals surface area (Å²) in [6.07, 6.45) is 1.47. The Morgan fingerprint density at radius 2 is 1.84 bits per heavy atom. The first-order chi connectivity index (χ1) is 20.9. The highest BCUT2D eigenvalue weighted by atomic mass is 35.5. The fraction of sp³-hybridized carbons (Fsp3) is 0.0938. The number of hydrogen-bond acceptors (Lipinski definition) is 8. The Labute approximate surface area is 249 Å². The van der Waals surface area contributed by atoms with Gasteiger partial charge < -0.3 is 13.9 Å². The molecule has 0 fully saturated rings. The zero-order valence-electron chi connectivity index (χ0n) is 22.8. The van der Waals surface area contributed by atoms with E-state index >= 15 is 0 Å². The summed E-state index contributed by atoms with van der Waals surface area (Å²) in [6, 6.07) is 25.8. The number of furan rings is 1. The number of para-hydroxylation sites is 2. The molecule has 0 aliphatic carbocycles. The van der Waals surface area contributed by atoms with E-state index in [0.717, 1.165) is 5.39 Å². The van der Waals surface area contributed by atoms with Crippen molar-refractivity contribution in [2.45, 2.75) is 13.5 Å². The molecular weight excluding hydrogens is 572 g/mol. The SMILES string of the molecule is CCOc1cc(C=Nn2c(-c3cc4ccccc4o3)nc3ccccc3c2=O)cc(Cl)c1OCc1cccc([N+](=O)[O-])c1. The van der Waals surface area contributed by atoms with Gasteiger partial charge in [-0.3, -0.25) is 14.9 Å². The average molecular weight is 595 g/mol. The predicted molar refractivity (Wildman–Crippen MR) is 164 cm³/mol. The van der Waals surface area contributed by atoms with Crippen molar-refractivity contribution < 1.29 is 18.8 Å². The summed E-state index contributed by atoms with van der Waals surface area (Å²) in [5.74, 6) is 1.26. The molecule has 0 radical (unpaired) electrons. The van der Waals surface area contributed by atoms with Crippen LogP contribution in [0.2, 0.25) is 5.02 Å². The first-order valence-electron chi connectivity index (χ1n) is 13.3. The predicted octanol–water partition coefficient (Wildman–Crippen LogP) is 7.23. The van der Waals surface area contributed by atoms with Crippen molar-refractivity contribution in [2.75, 3.05) is 6.61 Å². The molecule has 0 saturated heterocycles. The Morgan fingerprint density at radius 3 is 2.65 bits per heavy atom. The number of benzene rings is 4. The highest BCUT2D eigenvalue weighted by Gasteiger charge is 2.17. The quantitative estimate of drug-likeness (QED) is 0.0982. The molecule has 0 unspecified atom stereocenters. The normalized spacial score (nSPS) is 11.4. The number of hydrogen-bond donors (Lipinski definition) is 0. The van der Waals surface area contributed by atoms with E-state index in [4.69, 9.17) is 30.5 Å². The molecule has 0 aliphatic heterocycles. The molecule has 0 bridgehead atoms. The van der Waals surface area contributed by atoms with Gasteiger partial charge in [0.05, 0.1) is 33.7 Å². The van der Waals surface area contributed by atoms with Crippen molar-refractivity contribution in [3.05, 3.63) is 128 Å². The van der Waals surface area contributed by atoms with Gasteiger partial charge in [-0.1, -0.05) is 54.1 Å². The number of rotatable bonds is 9. The Bertz CT molecular complexity index is 2050. The summed E-state index contributed by atoms with van der Waals surface area (Å²) in [6.45, 7) is 2.18. The van der Waals surface area contributed by atoms with Gasteiger partial charge in [0.15, 0.2) is 17.3 Å². The van der Waals surface area contributed by atoms with Crippen LogP contribution in [-0.2, 0) is 6.61 Å². The second-order valence-electron chi connectivity index (χ2n) is 9.44. The maximum Gasteiger partial charge on any atom is 0.282 e. The lowest BCUT2D eigenvalue weighted by Crippen LogP contribution is -2.20. The van der Waals surface area contributed by atoms with E-state index in [1.165, 1.54) is 23.0 Å². The number of non-ortho nitro benzene ring substituents is 1. The van der Waals surface area contributed by atoms with Crippen LogP contribution in [0, 0.1) is 10.1 Å².